The van der Waals surface area contributed by atoms with E-state index in [0.29, 0.717) is 69.2 Å². The number of anilines is 4. The van der Waals surface area contributed by atoms with Crippen LogP contribution in [0.2, 0.25) is 10.0 Å². The Kier molecular flexibility index (Phi) is 12.0. The van der Waals surface area contributed by atoms with Crippen LogP contribution in [0.1, 0.15) is 86.6 Å². The third-order valence-corrected chi connectivity index (χ3v) is 15.0. The smallest absolute Gasteiger partial charge is 0.242 e. The van der Waals surface area contributed by atoms with E-state index in [-0.39, 0.29) is 12.2 Å². The second-order valence-electron chi connectivity index (χ2n) is 18.8. The first-order chi connectivity index (χ1) is 32.3. The third kappa shape index (κ3) is 8.93. The van der Waals surface area contributed by atoms with Gasteiger partial charge in [-0.25, -0.2) is 29.3 Å². The molecule has 8 heterocycles. The molecule has 0 amide bonds. The molecule has 2 saturated heterocycles. The Morgan fingerprint density at radius 2 is 0.955 bits per heavy atom. The summed E-state index contributed by atoms with van der Waals surface area (Å²) >= 11 is 12.6. The van der Waals surface area contributed by atoms with Crippen molar-refractivity contribution in [3.8, 4) is 11.5 Å². The maximum absolute atomic E-state index is 6.32. The molecular formula is C48H56Cl2N14O2. The highest BCUT2D eigenvalue weighted by Gasteiger charge is 2.45. The van der Waals surface area contributed by atoms with Gasteiger partial charge in [-0.2, -0.15) is 9.97 Å². The van der Waals surface area contributed by atoms with Gasteiger partial charge in [0, 0.05) is 74.9 Å². The van der Waals surface area contributed by atoms with E-state index in [4.69, 9.17) is 52.8 Å². The van der Waals surface area contributed by atoms with Crippen molar-refractivity contribution in [2.75, 3.05) is 46.6 Å². The second-order valence-corrected chi connectivity index (χ2v) is 19.6. The summed E-state index contributed by atoms with van der Waals surface area (Å²) in [6, 6.07) is 20.1. The molecule has 2 aliphatic carbocycles. The zero-order valence-electron chi connectivity index (χ0n) is 37.4. The lowest BCUT2D eigenvalue weighted by Crippen LogP contribution is -2.48. The topological polar surface area (TPSA) is 162 Å². The summed E-state index contributed by atoms with van der Waals surface area (Å²) in [5, 5.41) is 18.2. The van der Waals surface area contributed by atoms with Crippen LogP contribution >= 0.6 is 23.2 Å². The predicted molar refractivity (Wildman–Crippen MR) is 253 cm³/mol. The third-order valence-electron chi connectivity index (χ3n) is 14.3. The number of benzene rings is 2. The monoisotopic (exact) mass is 930 g/mol. The molecule has 4 fully saturated rings. The molecule has 8 atom stereocenters. The van der Waals surface area contributed by atoms with Gasteiger partial charge in [0.15, 0.2) is 23.9 Å². The molecule has 6 aromatic rings. The van der Waals surface area contributed by atoms with Crippen molar-refractivity contribution in [1.82, 2.24) is 49.5 Å². The van der Waals surface area contributed by atoms with Crippen LogP contribution in [0.3, 0.4) is 0 Å². The molecule has 2 unspecified atom stereocenters. The first-order valence-corrected chi connectivity index (χ1v) is 24.4. The van der Waals surface area contributed by atoms with Crippen LogP contribution in [0.15, 0.2) is 73.3 Å². The van der Waals surface area contributed by atoms with Gasteiger partial charge in [-0.3, -0.25) is 0 Å². The minimum Gasteiger partial charge on any atom is -0.481 e. The predicted octanol–water partition coefficient (Wildman–Crippen LogP) is 8.54. The number of nitrogens with one attached hydrogen (secondary N) is 2. The number of halogens is 2. The van der Waals surface area contributed by atoms with Gasteiger partial charge >= 0.3 is 0 Å². The fourth-order valence-corrected chi connectivity index (χ4v) is 11.5. The molecule has 2 aromatic carbocycles. The van der Waals surface area contributed by atoms with Crippen LogP contribution in [0, 0.1) is 37.5 Å². The number of para-hydroxylation sites is 2. The lowest BCUT2D eigenvalue weighted by Gasteiger charge is -2.38. The second kappa shape index (κ2) is 18.5. The molecule has 4 aliphatic heterocycles. The van der Waals surface area contributed by atoms with Gasteiger partial charge in [0.25, 0.3) is 0 Å². The number of fused-ring (bicyclic) bond motifs is 6. The summed E-state index contributed by atoms with van der Waals surface area (Å²) in [6.07, 6.45) is 11.8. The van der Waals surface area contributed by atoms with Crippen molar-refractivity contribution in [3.63, 3.8) is 0 Å². The number of hydrogen-bond acceptors (Lipinski definition) is 14. The van der Waals surface area contributed by atoms with E-state index in [1.165, 1.54) is 25.7 Å². The van der Waals surface area contributed by atoms with Gasteiger partial charge in [-0.05, 0) is 113 Å². The first-order valence-electron chi connectivity index (χ1n) is 23.6. The normalized spacial score (nSPS) is 26.2. The average Bonchev–Trinajstić information content (AvgIpc) is 4.05. The summed E-state index contributed by atoms with van der Waals surface area (Å²) in [6.45, 7) is 9.75. The Balaban J connectivity index is 0.000000146. The fraction of sp³-hybridized carbons (Fsp3) is 0.500. The number of hydrogen-bond donors (Lipinski definition) is 2. The van der Waals surface area contributed by atoms with Crippen molar-refractivity contribution in [2.24, 2.45) is 23.7 Å². The van der Waals surface area contributed by atoms with E-state index in [9.17, 15) is 0 Å². The van der Waals surface area contributed by atoms with Gasteiger partial charge in [0.05, 0.1) is 10.0 Å². The molecule has 66 heavy (non-hydrogen) atoms. The zero-order valence-corrected chi connectivity index (χ0v) is 38.9. The van der Waals surface area contributed by atoms with Crippen molar-refractivity contribution >= 4 is 46.7 Å². The van der Waals surface area contributed by atoms with Gasteiger partial charge in [0.1, 0.15) is 35.8 Å². The molecule has 0 spiro atoms. The van der Waals surface area contributed by atoms with E-state index < -0.39 is 0 Å². The van der Waals surface area contributed by atoms with Crippen LogP contribution in [0.25, 0.3) is 0 Å². The van der Waals surface area contributed by atoms with E-state index >= 15 is 0 Å². The summed E-state index contributed by atoms with van der Waals surface area (Å²) < 4.78 is 16.5. The summed E-state index contributed by atoms with van der Waals surface area (Å²) in [4.78, 5) is 32.1. The van der Waals surface area contributed by atoms with Crippen LogP contribution in [-0.4, -0.2) is 87.7 Å². The average molecular weight is 932 g/mol. The highest BCUT2D eigenvalue weighted by atomic mass is 35.5. The molecule has 2 N–H and O–H groups in total. The van der Waals surface area contributed by atoms with Crippen LogP contribution in [0.5, 0.6) is 11.5 Å². The summed E-state index contributed by atoms with van der Waals surface area (Å²) in [7, 11) is 0. The number of aryl methyl sites for hydroxylation is 4. The minimum absolute atomic E-state index is 0.138. The molecule has 4 bridgehead atoms. The summed E-state index contributed by atoms with van der Waals surface area (Å²) in [5.41, 5.74) is 2.02. The maximum Gasteiger partial charge on any atom is 0.242 e. The minimum atomic E-state index is -0.138. The van der Waals surface area contributed by atoms with E-state index in [2.05, 4.69) is 52.5 Å². The zero-order chi connectivity index (χ0) is 44.7. The number of nitrogens with zero attached hydrogens (tertiary/aromatic N) is 12. The first kappa shape index (κ1) is 42.9. The Hall–Kier alpha value is -5.74. The van der Waals surface area contributed by atoms with Crippen molar-refractivity contribution < 1.29 is 9.47 Å². The molecule has 12 rings (SSSR count). The van der Waals surface area contributed by atoms with E-state index in [1.54, 1.807) is 12.7 Å². The number of ether oxygens (including phenoxy) is 2. The summed E-state index contributed by atoms with van der Waals surface area (Å²) in [5.74, 6) is 8.85. The Morgan fingerprint density at radius 1 is 0.545 bits per heavy atom. The molecule has 18 heteroatoms. The quantitative estimate of drug-likeness (QED) is 0.134. The molecule has 16 nitrogen and oxygen atoms in total. The Morgan fingerprint density at radius 3 is 1.35 bits per heavy atom. The van der Waals surface area contributed by atoms with Gasteiger partial charge in [-0.15, -0.1) is 10.2 Å². The fourth-order valence-electron chi connectivity index (χ4n) is 11.2. The molecule has 6 aliphatic rings. The SMILES string of the molecule is Cc1cc(N2C[C@H]3CC[C@@H](C2)C3Nc2nc3n(n2)CCC[C@@H]3Oc2ccccc2Cl)ncn1.Cc1cc(N2C[C@H]3CC[C@@H](C2)C3Nc2nc3n(n2)CCC[C@H]3Oc2ccccc2Cl)ncn1. The van der Waals surface area contributed by atoms with Crippen LogP contribution < -0.4 is 29.9 Å². The van der Waals surface area contributed by atoms with Crippen molar-refractivity contribution in [1.29, 1.82) is 0 Å². The van der Waals surface area contributed by atoms with E-state index in [0.717, 1.165) is 99.6 Å². The lowest BCUT2D eigenvalue weighted by atomic mass is 9.92. The van der Waals surface area contributed by atoms with E-state index in [1.807, 2.05) is 71.7 Å². The largest absolute Gasteiger partial charge is 0.481 e. The van der Waals surface area contributed by atoms with Crippen LogP contribution in [0.4, 0.5) is 23.5 Å². The van der Waals surface area contributed by atoms with Crippen molar-refractivity contribution in [3.05, 3.63) is 106 Å². The Labute approximate surface area is 394 Å². The standard InChI is InChI=1S/2C24H28ClN7O/c2*1-15-11-21(27-14-26-15)31-12-16-8-9-17(13-31)22(16)28-24-29-23-20(7-4-10-32(23)30-24)33-19-6-3-2-5-18(19)25/h2*2-3,5-6,11,14,16-17,20,22H,4,7-10,12-13H2,1H3,(H,28,30)/t2*16-,17+,20-,22?/m10/s1. The van der Waals surface area contributed by atoms with Gasteiger partial charge < -0.3 is 29.9 Å². The molecular weight excluding hydrogens is 876 g/mol. The maximum atomic E-state index is 6.32. The number of aromatic nitrogens is 10. The number of piperidine rings is 2. The van der Waals surface area contributed by atoms with Gasteiger partial charge in [0.2, 0.25) is 11.9 Å². The molecule has 0 radical (unpaired) electrons. The molecule has 4 aromatic heterocycles. The Bertz CT molecular complexity index is 2450. The molecule has 2 saturated carbocycles. The highest BCUT2D eigenvalue weighted by Crippen LogP contribution is 2.42. The van der Waals surface area contributed by atoms with Gasteiger partial charge in [-0.1, -0.05) is 47.5 Å². The molecule has 344 valence electrons. The highest BCUT2D eigenvalue weighted by molar-refractivity contribution is 6.32. The lowest BCUT2D eigenvalue weighted by molar-refractivity contribution is 0.155. The van der Waals surface area contributed by atoms with Crippen molar-refractivity contribution in [2.45, 2.75) is 103 Å². The van der Waals surface area contributed by atoms with Crippen LogP contribution in [-0.2, 0) is 13.1 Å². The number of rotatable bonds is 10.